The van der Waals surface area contributed by atoms with Gasteiger partial charge in [-0.1, -0.05) is 0 Å². The molecule has 92 valence electrons. The molecule has 0 rings (SSSR count). The van der Waals surface area contributed by atoms with E-state index >= 15 is 0 Å². The fraction of sp³-hybridized carbons (Fsp3) is 1.00. The van der Waals surface area contributed by atoms with Gasteiger partial charge in [0.1, 0.15) is 0 Å². The molecule has 0 radical (unpaired) electrons. The molecule has 0 N–H and O–H groups in total. The lowest BCUT2D eigenvalue weighted by Crippen LogP contribution is -2.17. The molecule has 15 heavy (non-hydrogen) atoms. The molecular weight excluding hydrogens is 293 g/mol. The Morgan fingerprint density at radius 3 is 1.40 bits per heavy atom. The van der Waals surface area contributed by atoms with Crippen LogP contribution in [0.4, 0.5) is 0 Å². The second-order valence-electron chi connectivity index (χ2n) is 3.60. The Kier molecular flexibility index (Phi) is 6.31. The summed E-state index contributed by atoms with van der Waals surface area (Å²) in [5, 5.41) is 0. The van der Waals surface area contributed by atoms with E-state index in [1.54, 1.807) is 4.67 Å². The quantitative estimate of drug-likeness (QED) is 0.743. The number of hydrogen-bond acceptors (Lipinski definition) is 1. The summed E-state index contributed by atoms with van der Waals surface area (Å²) >= 11 is 18.0. The van der Waals surface area contributed by atoms with Crippen LogP contribution in [0.5, 0.6) is 0 Å². The molecule has 0 bridgehead atoms. The van der Waals surface area contributed by atoms with E-state index < -0.39 is 12.4 Å². The first kappa shape index (κ1) is 16.3. The van der Waals surface area contributed by atoms with Gasteiger partial charge in [-0.15, -0.1) is 0 Å². The van der Waals surface area contributed by atoms with Gasteiger partial charge in [-0.25, -0.2) is 0 Å². The summed E-state index contributed by atoms with van der Waals surface area (Å²) in [6.45, 7) is -2.25. The topological polar surface area (TPSA) is 22.1 Å². The maximum Gasteiger partial charge on any atom is 0.208 e. The van der Waals surface area contributed by atoms with Crippen molar-refractivity contribution in [3.05, 3.63) is 0 Å². The normalized spacial score (nSPS) is 17.3. The van der Waals surface area contributed by atoms with Crippen LogP contribution in [0, 0.1) is 0 Å². The Labute approximate surface area is 107 Å². The fourth-order valence-corrected chi connectivity index (χ4v) is 7.81. The molecule has 0 saturated heterocycles. The first-order valence-electron chi connectivity index (χ1n) is 4.20. The van der Waals surface area contributed by atoms with Crippen molar-refractivity contribution < 1.29 is 0 Å². The van der Waals surface area contributed by atoms with Gasteiger partial charge in [-0.3, -0.25) is 14.0 Å². The Morgan fingerprint density at radius 1 is 0.867 bits per heavy atom. The van der Waals surface area contributed by atoms with Crippen molar-refractivity contribution in [2.45, 2.75) is 0 Å². The van der Waals surface area contributed by atoms with Crippen LogP contribution < -0.4 is 0 Å². The van der Waals surface area contributed by atoms with Crippen molar-refractivity contribution in [2.75, 3.05) is 42.3 Å². The van der Waals surface area contributed by atoms with Gasteiger partial charge in [0.15, 0.2) is 6.71 Å². The molecule has 0 aromatic heterocycles. The number of rotatable bonds is 4. The highest BCUT2D eigenvalue weighted by molar-refractivity contribution is 8.26. The first-order valence-corrected chi connectivity index (χ1v) is 10.4. The molecular formula is C6H18Cl2N4P2S. The molecule has 0 heterocycles. The van der Waals surface area contributed by atoms with E-state index in [0.717, 1.165) is 0 Å². The molecule has 9 heteroatoms. The second kappa shape index (κ2) is 5.79. The van der Waals surface area contributed by atoms with E-state index in [1.807, 2.05) is 51.6 Å². The maximum atomic E-state index is 6.48. The average molecular weight is 311 g/mol. The average Bonchev–Trinajstić information content (AvgIpc) is 2.02. The van der Waals surface area contributed by atoms with Crippen molar-refractivity contribution in [1.29, 1.82) is 0 Å². The molecule has 0 aliphatic heterocycles. The Balaban J connectivity index is 5.47. The van der Waals surface area contributed by atoms with Crippen molar-refractivity contribution in [2.24, 2.45) is 4.52 Å². The van der Waals surface area contributed by atoms with E-state index in [4.69, 9.17) is 34.3 Å². The predicted molar refractivity (Wildman–Crippen MR) is 76.4 cm³/mol. The zero-order valence-corrected chi connectivity index (χ0v) is 14.0. The first-order chi connectivity index (χ1) is 6.54. The third-order valence-corrected chi connectivity index (χ3v) is 12.1. The lowest BCUT2D eigenvalue weighted by molar-refractivity contribution is 0.578. The van der Waals surface area contributed by atoms with E-state index in [2.05, 4.69) is 4.52 Å². The minimum Gasteiger partial charge on any atom is -0.252 e. The van der Waals surface area contributed by atoms with Crippen LogP contribution in [0.3, 0.4) is 0 Å². The van der Waals surface area contributed by atoms with Gasteiger partial charge >= 0.3 is 0 Å². The lowest BCUT2D eigenvalue weighted by Gasteiger charge is -2.32. The summed E-state index contributed by atoms with van der Waals surface area (Å²) in [5.74, 6) is 0. The molecule has 0 aliphatic carbocycles. The summed E-state index contributed by atoms with van der Waals surface area (Å²) in [6.07, 6.45) is 0. The van der Waals surface area contributed by atoms with Crippen LogP contribution >= 0.6 is 34.9 Å². The van der Waals surface area contributed by atoms with Gasteiger partial charge in [0.25, 0.3) is 0 Å². The van der Waals surface area contributed by atoms with Crippen LogP contribution in [0.2, 0.25) is 0 Å². The molecule has 4 nitrogen and oxygen atoms in total. The minimum absolute atomic E-state index is 1.76. The molecule has 0 amide bonds. The van der Waals surface area contributed by atoms with E-state index in [1.165, 1.54) is 0 Å². The van der Waals surface area contributed by atoms with Crippen LogP contribution in [-0.2, 0) is 11.8 Å². The number of hydrogen-bond donors (Lipinski definition) is 0. The molecule has 0 spiro atoms. The standard InChI is InChI=1S/C6H18Cl2N4P2S/c1-10(2)13(7,11(3)4)9-14(8,15)12(5)6/h1-6H3. The molecule has 0 aromatic carbocycles. The highest BCUT2D eigenvalue weighted by Crippen LogP contribution is 2.69. The molecule has 1 atom stereocenters. The van der Waals surface area contributed by atoms with E-state index in [-0.39, 0.29) is 0 Å². The fourth-order valence-electron chi connectivity index (χ4n) is 0.738. The van der Waals surface area contributed by atoms with Gasteiger partial charge < -0.3 is 0 Å². The van der Waals surface area contributed by atoms with Crippen LogP contribution in [0.1, 0.15) is 0 Å². The van der Waals surface area contributed by atoms with Crippen molar-refractivity contribution in [3.63, 3.8) is 0 Å². The van der Waals surface area contributed by atoms with Crippen molar-refractivity contribution in [3.8, 4) is 0 Å². The predicted octanol–water partition coefficient (Wildman–Crippen LogP) is 3.32. The van der Waals surface area contributed by atoms with Gasteiger partial charge in [-0.2, -0.15) is 4.52 Å². The van der Waals surface area contributed by atoms with Crippen molar-refractivity contribution >= 4 is 46.7 Å². The Morgan fingerprint density at radius 2 is 1.20 bits per heavy atom. The Hall–Kier alpha value is 1.34. The van der Waals surface area contributed by atoms with Crippen LogP contribution in [0.25, 0.3) is 0 Å². The van der Waals surface area contributed by atoms with E-state index in [9.17, 15) is 0 Å². The zero-order valence-electron chi connectivity index (χ0n) is 9.85. The minimum atomic E-state index is -2.40. The van der Waals surface area contributed by atoms with Crippen LogP contribution in [-0.4, -0.2) is 56.3 Å². The lowest BCUT2D eigenvalue weighted by atomic mass is 11.3. The maximum absolute atomic E-state index is 6.48. The summed E-state index contributed by atoms with van der Waals surface area (Å²) < 4.78 is 10.00. The van der Waals surface area contributed by atoms with E-state index in [0.29, 0.717) is 0 Å². The largest absolute Gasteiger partial charge is 0.252 e. The SMILES string of the molecule is CN(C)P(=S)(Cl)N=P(Cl)(N(C)C)N(C)C. The second-order valence-corrected chi connectivity index (χ2v) is 13.6. The summed E-state index contributed by atoms with van der Waals surface area (Å²) in [6, 6.07) is 0. The van der Waals surface area contributed by atoms with Gasteiger partial charge in [0.2, 0.25) is 5.69 Å². The third kappa shape index (κ3) is 4.25. The van der Waals surface area contributed by atoms with Gasteiger partial charge in [0, 0.05) is 0 Å². The summed E-state index contributed by atoms with van der Waals surface area (Å²) in [7, 11) is 11.2. The summed E-state index contributed by atoms with van der Waals surface area (Å²) in [4.78, 5) is 0. The molecule has 0 aliphatic rings. The highest BCUT2D eigenvalue weighted by Gasteiger charge is 2.27. The zero-order chi connectivity index (χ0) is 12.4. The van der Waals surface area contributed by atoms with Crippen LogP contribution in [0.15, 0.2) is 4.52 Å². The Bertz CT molecular complexity index is 306. The number of halogens is 2. The smallest absolute Gasteiger partial charge is 0.208 e. The monoisotopic (exact) mass is 310 g/mol. The number of nitrogens with zero attached hydrogens (tertiary/aromatic N) is 4. The molecule has 0 fully saturated rings. The molecule has 0 aromatic rings. The molecule has 0 saturated carbocycles. The third-order valence-electron chi connectivity index (χ3n) is 1.74. The van der Waals surface area contributed by atoms with Crippen molar-refractivity contribution in [1.82, 2.24) is 14.0 Å². The van der Waals surface area contributed by atoms with Gasteiger partial charge in [-0.05, 0) is 76.6 Å². The highest BCUT2D eigenvalue weighted by atomic mass is 35.7. The van der Waals surface area contributed by atoms with Gasteiger partial charge in [0.05, 0.1) is 0 Å². The molecule has 1 unspecified atom stereocenters. The summed E-state index contributed by atoms with van der Waals surface area (Å²) in [5.41, 5.74) is -2.40.